The van der Waals surface area contributed by atoms with Gasteiger partial charge < -0.3 is 25.1 Å². The zero-order valence-electron chi connectivity index (χ0n) is 15.2. The van der Waals surface area contributed by atoms with E-state index < -0.39 is 46.1 Å². The Kier molecular flexibility index (Phi) is 3.31. The average Bonchev–Trinajstić information content (AvgIpc) is 3.10. The summed E-state index contributed by atoms with van der Waals surface area (Å²) in [6, 6.07) is -1.23. The Labute approximate surface area is 178 Å². The number of piperazine rings is 1. The Morgan fingerprint density at radius 3 is 2.38 bits per heavy atom. The van der Waals surface area contributed by atoms with Crippen LogP contribution in [0, 0.1) is 11.8 Å². The number of thioether (sulfide) groups is 1. The molecule has 5 aliphatic heterocycles. The van der Waals surface area contributed by atoms with Crippen molar-refractivity contribution in [3.63, 3.8) is 0 Å². The lowest BCUT2D eigenvalue weighted by molar-refractivity contribution is -0.172. The largest absolute Gasteiger partial charge is 0.393 e. The summed E-state index contributed by atoms with van der Waals surface area (Å²) < 4.78 is 0. The average molecular weight is 457 g/mol. The molecule has 156 valence electrons. The highest BCUT2D eigenvalue weighted by molar-refractivity contribution is 8.77. The van der Waals surface area contributed by atoms with Crippen molar-refractivity contribution >= 4 is 50.9 Å². The Bertz CT molecular complexity index is 886. The normalized spacial score (nSPS) is 59.3. The predicted molar refractivity (Wildman–Crippen MR) is 106 cm³/mol. The van der Waals surface area contributed by atoms with E-state index in [-0.39, 0.29) is 46.9 Å². The lowest BCUT2D eigenvalue weighted by Gasteiger charge is -2.58. The van der Waals surface area contributed by atoms with Crippen molar-refractivity contribution < 1.29 is 29.7 Å². The summed E-state index contributed by atoms with van der Waals surface area (Å²) in [5.74, 6) is -1.29. The van der Waals surface area contributed by atoms with E-state index in [9.17, 15) is 29.7 Å². The fourth-order valence-electron chi connectivity index (χ4n) is 7.06. The smallest absolute Gasteiger partial charge is 0.261 e. The predicted octanol–water partition coefficient (Wildman–Crippen LogP) is -0.835. The van der Waals surface area contributed by atoms with Gasteiger partial charge in [0.05, 0.1) is 35.6 Å². The second kappa shape index (κ2) is 5.29. The van der Waals surface area contributed by atoms with Gasteiger partial charge >= 0.3 is 0 Å². The van der Waals surface area contributed by atoms with Crippen LogP contribution < -0.4 is 0 Å². The number of aliphatic hydroxyl groups is 3. The lowest BCUT2D eigenvalue weighted by atomic mass is 9.79. The Balaban J connectivity index is 1.43. The maximum absolute atomic E-state index is 14.1. The molecule has 0 spiro atoms. The molecule has 5 heterocycles. The van der Waals surface area contributed by atoms with E-state index in [4.69, 9.17) is 0 Å². The van der Waals surface area contributed by atoms with E-state index in [0.29, 0.717) is 12.8 Å². The van der Waals surface area contributed by atoms with Gasteiger partial charge in [-0.2, -0.15) is 0 Å². The molecule has 2 aliphatic carbocycles. The van der Waals surface area contributed by atoms with E-state index in [1.807, 2.05) is 0 Å². The third kappa shape index (κ3) is 1.78. The third-order valence-electron chi connectivity index (χ3n) is 8.24. The van der Waals surface area contributed by atoms with Crippen molar-refractivity contribution in [2.24, 2.45) is 11.8 Å². The van der Waals surface area contributed by atoms with Gasteiger partial charge in [-0.15, -0.1) is 11.8 Å². The van der Waals surface area contributed by atoms with Crippen LogP contribution in [-0.2, 0) is 14.4 Å². The first-order valence-corrected chi connectivity index (χ1v) is 13.2. The first kappa shape index (κ1) is 18.1. The molecule has 7 fully saturated rings. The minimum Gasteiger partial charge on any atom is -0.393 e. The first-order valence-electron chi connectivity index (χ1n) is 10.1. The molecule has 0 radical (unpaired) electrons. The summed E-state index contributed by atoms with van der Waals surface area (Å²) in [5, 5.41) is 31.9. The van der Waals surface area contributed by atoms with Crippen LogP contribution in [0.1, 0.15) is 25.7 Å². The van der Waals surface area contributed by atoms with E-state index in [2.05, 4.69) is 0 Å². The summed E-state index contributed by atoms with van der Waals surface area (Å²) in [7, 11) is 2.65. The van der Waals surface area contributed by atoms with E-state index in [1.54, 1.807) is 9.80 Å². The van der Waals surface area contributed by atoms with Gasteiger partial charge in [0.25, 0.3) is 11.8 Å². The van der Waals surface area contributed by atoms with Gasteiger partial charge in [-0.1, -0.05) is 21.6 Å². The van der Waals surface area contributed by atoms with Gasteiger partial charge in [0.15, 0.2) is 9.74 Å². The van der Waals surface area contributed by atoms with Crippen LogP contribution in [0.3, 0.4) is 0 Å². The number of nitrogens with zero attached hydrogens (tertiary/aromatic N) is 2. The SMILES string of the molecule is O=C1C[C@H]2SS[C@@]34C[C@@H]1[C@@H]([C@H]2O)N3C(=O)[C@@]12C[C@@H]3[C@@H]([C@@H](O)[C@@H](C[C@H]3O)S1)N2C4=O. The summed E-state index contributed by atoms with van der Waals surface area (Å²) >= 11 is 1.30. The van der Waals surface area contributed by atoms with E-state index in [0.717, 1.165) is 0 Å². The molecule has 11 atom stereocenters. The van der Waals surface area contributed by atoms with Gasteiger partial charge in [0, 0.05) is 29.9 Å². The topological polar surface area (TPSA) is 118 Å². The molecule has 0 unspecified atom stereocenters. The van der Waals surface area contributed by atoms with Crippen LogP contribution in [0.15, 0.2) is 0 Å². The number of Topliss-reactive ketones (excluding diaryl/α,β-unsaturated/α-hetero) is 1. The van der Waals surface area contributed by atoms with Gasteiger partial charge in [-0.25, -0.2) is 0 Å². The summed E-state index contributed by atoms with van der Waals surface area (Å²) in [6.45, 7) is 0. The molecule has 2 saturated carbocycles. The fourth-order valence-corrected chi connectivity index (χ4v) is 12.5. The van der Waals surface area contributed by atoms with Crippen molar-refractivity contribution in [3.8, 4) is 0 Å². The van der Waals surface area contributed by atoms with Gasteiger partial charge in [-0.05, 0) is 12.8 Å². The zero-order valence-corrected chi connectivity index (χ0v) is 17.7. The minimum atomic E-state index is -1.21. The van der Waals surface area contributed by atoms with Crippen molar-refractivity contribution in [3.05, 3.63) is 0 Å². The molecule has 7 aliphatic rings. The highest BCUT2D eigenvalue weighted by atomic mass is 33.1. The zero-order chi connectivity index (χ0) is 20.0. The van der Waals surface area contributed by atoms with Crippen LogP contribution in [0.5, 0.6) is 0 Å². The quantitative estimate of drug-likeness (QED) is 0.401. The van der Waals surface area contributed by atoms with Crippen molar-refractivity contribution in [1.29, 1.82) is 0 Å². The number of aliphatic hydroxyl groups excluding tert-OH is 3. The maximum Gasteiger partial charge on any atom is 0.261 e. The van der Waals surface area contributed by atoms with Crippen LogP contribution in [0.4, 0.5) is 0 Å². The maximum atomic E-state index is 14.1. The second-order valence-electron chi connectivity index (χ2n) is 9.41. The molecule has 7 rings (SSSR count). The Morgan fingerprint density at radius 1 is 0.897 bits per heavy atom. The van der Waals surface area contributed by atoms with Gasteiger partial charge in [-0.3, -0.25) is 14.4 Å². The van der Waals surface area contributed by atoms with Crippen molar-refractivity contribution in [1.82, 2.24) is 9.80 Å². The fraction of sp³-hybridized carbons (Fsp3) is 0.833. The number of carbonyl (C=O) groups excluding carboxylic acids is 3. The number of hydrogen-bond donors (Lipinski definition) is 3. The number of rotatable bonds is 0. The molecule has 0 aromatic carbocycles. The standard InChI is InChI=1S/C18H20N2O6S3/c21-7-1-9-13(23)11-5(7)3-17(27-9)15(25)20-12-6-4-18(20,16(26)19(11)17)29-28-10(14(12)24)2-8(6)22/h5-7,9-14,21,23-24H,1-4H2/t5-,6-,7+,9+,10+,11-,12-,13-,14-,17+,18+/m0/s1. The van der Waals surface area contributed by atoms with Crippen LogP contribution in [-0.4, -0.2) is 93.4 Å². The first-order chi connectivity index (χ1) is 13.8. The van der Waals surface area contributed by atoms with Gasteiger partial charge in [0.1, 0.15) is 5.78 Å². The molecule has 0 aromatic rings. The summed E-state index contributed by atoms with van der Waals surface area (Å²) in [6.07, 6.45) is -1.03. The third-order valence-corrected chi connectivity index (χ3v) is 13.4. The lowest BCUT2D eigenvalue weighted by Crippen LogP contribution is -2.77. The number of amides is 2. The van der Waals surface area contributed by atoms with Crippen molar-refractivity contribution in [2.45, 2.75) is 76.3 Å². The van der Waals surface area contributed by atoms with Gasteiger partial charge in [0.2, 0.25) is 0 Å². The molecule has 8 nitrogen and oxygen atoms in total. The van der Waals surface area contributed by atoms with Crippen LogP contribution in [0.2, 0.25) is 0 Å². The molecule has 5 saturated heterocycles. The highest BCUT2D eigenvalue weighted by Crippen LogP contribution is 2.68. The molecular formula is C18H20N2O6S3. The highest BCUT2D eigenvalue weighted by Gasteiger charge is 2.80. The molecule has 3 N–H and O–H groups in total. The second-order valence-corrected chi connectivity index (χ2v) is 13.6. The Morgan fingerprint density at radius 2 is 1.59 bits per heavy atom. The van der Waals surface area contributed by atoms with E-state index >= 15 is 0 Å². The number of fused-ring (bicyclic) bond motifs is 2. The molecule has 2 amide bonds. The minimum absolute atomic E-state index is 0.0243. The molecule has 6 bridgehead atoms. The molecule has 29 heavy (non-hydrogen) atoms. The number of carbonyl (C=O) groups is 3. The Hall–Kier alpha value is -0.460. The molecule has 11 heteroatoms. The summed E-state index contributed by atoms with van der Waals surface area (Å²) in [5.41, 5.74) is 0. The summed E-state index contributed by atoms with van der Waals surface area (Å²) in [4.78, 5) is 41.7. The molecule has 0 aromatic heterocycles. The van der Waals surface area contributed by atoms with Crippen LogP contribution >= 0.6 is 33.3 Å². The molecular weight excluding hydrogens is 436 g/mol. The number of ketones is 1. The monoisotopic (exact) mass is 456 g/mol. The van der Waals surface area contributed by atoms with Crippen molar-refractivity contribution in [2.75, 3.05) is 0 Å². The number of hydrogen-bond acceptors (Lipinski definition) is 9. The van der Waals surface area contributed by atoms with Crippen LogP contribution in [0.25, 0.3) is 0 Å². The van der Waals surface area contributed by atoms with E-state index in [1.165, 1.54) is 33.3 Å².